The molecule has 0 aliphatic heterocycles. The third-order valence-electron chi connectivity index (χ3n) is 6.51. The quantitative estimate of drug-likeness (QED) is 0.0306. The Morgan fingerprint density at radius 1 is 0.517 bits per heavy atom. The number of hydrogen-bond donors (Lipinski definition) is 6. The molecule has 0 radical (unpaired) electrons. The van der Waals surface area contributed by atoms with Crippen LogP contribution < -0.4 is 172 Å². The standard InChI is InChI=1S/C26H32N12O12S4.K.3Na/c1-27-21-33-23(29-9-11-51(39,40)41)37-25(35-21)31-17-7-5-15(19(13-17)53(45,46)47)3-4-16-6-8-18(14-20(16)54(48,49)50)32-26-36-22(28-2)34-24(38-26)30-10-12-52(42,43)44;;;;/h3-8,13-14H,9-12H2,1-2H3,(H,39,40,41)(H,42,43,44)(H,45,46,47)(H,48,49,50)(H3,27,29,31,33,35,37)(H3,28,30,32,34,36,38);;;;/q;4*+1/p-4. The first-order valence-corrected chi connectivity index (χ1v) is 20.7. The maximum absolute atomic E-state index is 12.3. The number of nitrogens with zero attached hydrogens (tertiary/aromatic N) is 6. The summed E-state index contributed by atoms with van der Waals surface area (Å²) in [6.45, 7) is -0.658. The number of anilines is 8. The van der Waals surface area contributed by atoms with Gasteiger partial charge in [-0.05, 0) is 35.4 Å². The van der Waals surface area contributed by atoms with E-state index in [0.717, 1.165) is 24.3 Å². The molecule has 0 aliphatic rings. The van der Waals surface area contributed by atoms with Gasteiger partial charge in [-0.1, -0.05) is 24.3 Å². The number of hydrogen-bond acceptors (Lipinski definition) is 24. The van der Waals surface area contributed by atoms with Gasteiger partial charge in [0, 0.05) is 38.6 Å². The molecule has 0 aliphatic carbocycles. The largest absolute Gasteiger partial charge is 1.00 e. The van der Waals surface area contributed by atoms with E-state index in [1.807, 2.05) is 0 Å². The zero-order chi connectivity index (χ0) is 39.9. The first-order valence-electron chi connectivity index (χ1n) is 14.8. The minimum Gasteiger partial charge on any atom is -0.748 e. The normalized spacial score (nSPS) is 11.5. The predicted octanol–water partition coefficient (Wildman–Crippen LogP) is -12.5. The monoisotopic (exact) mass is 936 g/mol. The molecule has 58 heavy (non-hydrogen) atoms. The Morgan fingerprint density at radius 3 is 1.12 bits per heavy atom. The molecule has 0 unspecified atom stereocenters. The van der Waals surface area contributed by atoms with Crippen molar-refractivity contribution in [2.75, 3.05) is 70.6 Å². The molecule has 4 rings (SSSR count). The summed E-state index contributed by atoms with van der Waals surface area (Å²) in [6, 6.07) is 6.92. The summed E-state index contributed by atoms with van der Waals surface area (Å²) in [5.74, 6) is -2.20. The summed E-state index contributed by atoms with van der Waals surface area (Å²) in [4.78, 5) is 22.6. The van der Waals surface area contributed by atoms with E-state index in [1.165, 1.54) is 38.4 Å². The maximum Gasteiger partial charge on any atom is 1.00 e. The van der Waals surface area contributed by atoms with Crippen molar-refractivity contribution < 1.29 is 192 Å². The van der Waals surface area contributed by atoms with Crippen molar-refractivity contribution in [3.05, 3.63) is 47.5 Å². The Hall–Kier alpha value is -0.724. The van der Waals surface area contributed by atoms with Gasteiger partial charge in [-0.3, -0.25) is 0 Å². The maximum atomic E-state index is 12.3. The third-order valence-corrected chi connectivity index (χ3v) is 9.70. The second kappa shape index (κ2) is 24.8. The van der Waals surface area contributed by atoms with Crippen LogP contribution in [0.15, 0.2) is 46.2 Å². The van der Waals surface area contributed by atoms with Crippen LogP contribution in [0.25, 0.3) is 12.2 Å². The minimum absolute atomic E-state index is 0. The second-order valence-corrected chi connectivity index (χ2v) is 16.2. The van der Waals surface area contributed by atoms with E-state index >= 15 is 0 Å². The number of rotatable bonds is 18. The van der Waals surface area contributed by atoms with Gasteiger partial charge in [0.2, 0.25) is 35.7 Å². The molecule has 0 fully saturated rings. The SMILES string of the molecule is CNc1nc(NCCS(=O)(=O)[O-])nc(Nc2ccc(C=Cc3ccc(Nc4nc(NC)nc(NCCS(=O)(=O)[O-])n4)cc3S(=O)(=O)[O-])c(S(=O)(=O)[O-])c2)n1.[K+].[Na+].[Na+].[Na+]. The van der Waals surface area contributed by atoms with Gasteiger partial charge in [-0.15, -0.1) is 0 Å². The van der Waals surface area contributed by atoms with Gasteiger partial charge >= 0.3 is 140 Å². The molecule has 0 saturated heterocycles. The van der Waals surface area contributed by atoms with Crippen molar-refractivity contribution in [3.63, 3.8) is 0 Å². The van der Waals surface area contributed by atoms with Crippen LogP contribution in [0.5, 0.6) is 0 Å². The molecule has 6 N–H and O–H groups in total. The molecule has 2 aromatic heterocycles. The van der Waals surface area contributed by atoms with Crippen LogP contribution in [0.2, 0.25) is 0 Å². The van der Waals surface area contributed by atoms with Gasteiger partial charge in [0.25, 0.3) is 0 Å². The van der Waals surface area contributed by atoms with Gasteiger partial charge in [0.05, 0.1) is 41.5 Å². The van der Waals surface area contributed by atoms with E-state index < -0.39 is 61.8 Å². The van der Waals surface area contributed by atoms with Crippen LogP contribution in [0.1, 0.15) is 11.1 Å². The van der Waals surface area contributed by atoms with Crippen LogP contribution in [0.4, 0.5) is 47.1 Å². The van der Waals surface area contributed by atoms with Crippen LogP contribution >= 0.6 is 0 Å². The van der Waals surface area contributed by atoms with E-state index in [-0.39, 0.29) is 211 Å². The molecular formula is C26H28KN12Na3O12S4. The van der Waals surface area contributed by atoms with Crippen LogP contribution in [-0.4, -0.2) is 120 Å². The zero-order valence-corrected chi connectivity index (χ0v) is 44.1. The number of benzene rings is 2. The summed E-state index contributed by atoms with van der Waals surface area (Å²) in [5.41, 5.74) is -0.409. The average molecular weight is 937 g/mol. The molecule has 24 nitrogen and oxygen atoms in total. The van der Waals surface area contributed by atoms with E-state index in [0.29, 0.717) is 0 Å². The van der Waals surface area contributed by atoms with E-state index in [4.69, 9.17) is 0 Å². The van der Waals surface area contributed by atoms with Crippen molar-refractivity contribution in [2.45, 2.75) is 9.79 Å². The van der Waals surface area contributed by atoms with Crippen LogP contribution in [0.3, 0.4) is 0 Å². The fourth-order valence-corrected chi connectivity index (χ4v) is 6.29. The Kier molecular flexibility index (Phi) is 24.5. The van der Waals surface area contributed by atoms with Gasteiger partial charge < -0.3 is 50.1 Å². The van der Waals surface area contributed by atoms with Gasteiger partial charge in [-0.2, -0.15) is 29.9 Å². The molecule has 0 bridgehead atoms. The summed E-state index contributed by atoms with van der Waals surface area (Å²) < 4.78 is 139. The minimum atomic E-state index is -5.17. The first kappa shape index (κ1) is 57.3. The molecule has 0 atom stereocenters. The molecule has 2 aromatic carbocycles. The number of nitrogens with one attached hydrogen (secondary N) is 6. The molecule has 0 saturated carbocycles. The topological polar surface area (TPSA) is 378 Å². The Balaban J connectivity index is 0.00000812. The molecule has 2 heterocycles. The molecule has 4 aromatic rings. The van der Waals surface area contributed by atoms with E-state index in [1.54, 1.807) is 0 Å². The summed E-state index contributed by atoms with van der Waals surface area (Å²) in [7, 11) is -16.5. The van der Waals surface area contributed by atoms with Gasteiger partial charge in [0.1, 0.15) is 20.2 Å². The predicted molar refractivity (Wildman–Crippen MR) is 189 cm³/mol. The summed E-state index contributed by atoms with van der Waals surface area (Å²) >= 11 is 0. The smallest absolute Gasteiger partial charge is 0.748 e. The van der Waals surface area contributed by atoms with Crippen LogP contribution in [0, 0.1) is 0 Å². The molecule has 0 spiro atoms. The van der Waals surface area contributed by atoms with Crippen molar-refractivity contribution in [3.8, 4) is 0 Å². The van der Waals surface area contributed by atoms with Crippen molar-refractivity contribution >= 4 is 99.7 Å². The molecule has 32 heteroatoms. The van der Waals surface area contributed by atoms with Crippen LogP contribution in [-0.2, 0) is 40.5 Å². The van der Waals surface area contributed by atoms with Gasteiger partial charge in [0.15, 0.2) is 0 Å². The summed E-state index contributed by atoms with van der Waals surface area (Å²) in [5, 5.41) is 15.7. The van der Waals surface area contributed by atoms with E-state index in [2.05, 4.69) is 61.8 Å². The molecular weight excluding hydrogens is 909 g/mol. The van der Waals surface area contributed by atoms with Crippen molar-refractivity contribution in [1.29, 1.82) is 0 Å². The second-order valence-electron chi connectivity index (χ2n) is 10.5. The van der Waals surface area contributed by atoms with E-state index in [9.17, 15) is 51.9 Å². The first-order chi connectivity index (χ1) is 25.1. The van der Waals surface area contributed by atoms with Crippen molar-refractivity contribution in [2.24, 2.45) is 0 Å². The van der Waals surface area contributed by atoms with Gasteiger partial charge in [-0.25, -0.2) is 33.7 Å². The zero-order valence-electron chi connectivity index (χ0n) is 31.7. The fraction of sp³-hybridized carbons (Fsp3) is 0.231. The fourth-order valence-electron chi connectivity index (χ4n) is 4.19. The number of aromatic nitrogens is 6. The Bertz CT molecular complexity index is 2360. The Morgan fingerprint density at radius 2 is 0.828 bits per heavy atom. The Labute approximate surface area is 442 Å². The van der Waals surface area contributed by atoms with Crippen molar-refractivity contribution in [1.82, 2.24) is 29.9 Å². The summed E-state index contributed by atoms with van der Waals surface area (Å²) in [6.07, 6.45) is 2.18. The molecule has 292 valence electrons. The average Bonchev–Trinajstić information content (AvgIpc) is 3.05. The third kappa shape index (κ3) is 19.1. The molecule has 0 amide bonds.